The molecule has 0 saturated carbocycles. The fourth-order valence-corrected chi connectivity index (χ4v) is 1.40. The molecule has 0 aromatic carbocycles. The van der Waals surface area contributed by atoms with Gasteiger partial charge in [0.05, 0.1) is 0 Å². The molecule has 0 bridgehead atoms. The van der Waals surface area contributed by atoms with Gasteiger partial charge in [0.15, 0.2) is 5.82 Å². The number of ether oxygens (including phenoxy) is 1. The summed E-state index contributed by atoms with van der Waals surface area (Å²) in [4.78, 5) is 15.8. The Morgan fingerprint density at radius 1 is 1.50 bits per heavy atom. The second-order valence-corrected chi connectivity index (χ2v) is 3.49. The second-order valence-electron chi connectivity index (χ2n) is 3.49. The van der Waals surface area contributed by atoms with Gasteiger partial charge in [-0.2, -0.15) is 0 Å². The summed E-state index contributed by atoms with van der Waals surface area (Å²) in [6.07, 6.45) is 5.29. The third-order valence-electron chi connectivity index (χ3n) is 2.32. The van der Waals surface area contributed by atoms with Crippen molar-refractivity contribution < 1.29 is 4.74 Å². The smallest absolute Gasteiger partial charge is 0.293 e. The van der Waals surface area contributed by atoms with Gasteiger partial charge in [-0.25, -0.2) is 4.98 Å². The Balaban J connectivity index is 2.45. The summed E-state index contributed by atoms with van der Waals surface area (Å²) in [7, 11) is 1.69. The van der Waals surface area contributed by atoms with Crippen molar-refractivity contribution in [2.24, 2.45) is 0 Å². The number of rotatable bonds is 7. The largest absolute Gasteiger partial charge is 0.385 e. The Kier molecular flexibility index (Phi) is 5.56. The summed E-state index contributed by atoms with van der Waals surface area (Å²) in [5, 5.41) is 3.05. The van der Waals surface area contributed by atoms with E-state index >= 15 is 0 Å². The first kappa shape index (κ1) is 12.7. The topological polar surface area (TPSA) is 56.1 Å². The number of aromatic nitrogens is 2. The molecule has 0 aliphatic rings. The Morgan fingerprint density at radius 2 is 2.31 bits per heavy atom. The summed E-state index contributed by atoms with van der Waals surface area (Å²) in [6.45, 7) is 4.10. The maximum Gasteiger partial charge on any atom is 0.293 e. The number of nitrogens with zero attached hydrogens (tertiary/aromatic N) is 2. The van der Waals surface area contributed by atoms with Crippen LogP contribution in [-0.4, -0.2) is 29.8 Å². The van der Waals surface area contributed by atoms with Crippen LogP contribution >= 0.6 is 0 Å². The minimum absolute atomic E-state index is 0.0586. The minimum Gasteiger partial charge on any atom is -0.385 e. The van der Waals surface area contributed by atoms with Crippen LogP contribution < -0.4 is 10.9 Å². The molecule has 0 atom stereocenters. The van der Waals surface area contributed by atoms with E-state index in [0.717, 1.165) is 26.0 Å². The maximum atomic E-state index is 11.7. The first-order valence-electron chi connectivity index (χ1n) is 5.57. The lowest BCUT2D eigenvalue weighted by atomic mass is 10.3. The quantitative estimate of drug-likeness (QED) is 0.706. The van der Waals surface area contributed by atoms with Gasteiger partial charge in [-0.3, -0.25) is 4.79 Å². The van der Waals surface area contributed by atoms with Gasteiger partial charge in [-0.1, -0.05) is 0 Å². The van der Waals surface area contributed by atoms with Crippen LogP contribution in [0.3, 0.4) is 0 Å². The van der Waals surface area contributed by atoms with Crippen molar-refractivity contribution in [3.63, 3.8) is 0 Å². The number of unbranched alkanes of at least 4 members (excludes halogenated alkanes) is 1. The highest BCUT2D eigenvalue weighted by Crippen LogP contribution is 1.95. The monoisotopic (exact) mass is 225 g/mol. The lowest BCUT2D eigenvalue weighted by molar-refractivity contribution is 0.194. The van der Waals surface area contributed by atoms with Gasteiger partial charge in [-0.05, 0) is 19.8 Å². The van der Waals surface area contributed by atoms with Gasteiger partial charge >= 0.3 is 0 Å². The van der Waals surface area contributed by atoms with Crippen LogP contribution in [-0.2, 0) is 11.3 Å². The van der Waals surface area contributed by atoms with E-state index in [9.17, 15) is 4.79 Å². The van der Waals surface area contributed by atoms with E-state index < -0.39 is 0 Å². The molecule has 1 aromatic heterocycles. The summed E-state index contributed by atoms with van der Waals surface area (Å²) in [5.74, 6) is 0.432. The Bertz CT molecular complexity index is 362. The molecule has 1 aromatic rings. The summed E-state index contributed by atoms with van der Waals surface area (Å²) >= 11 is 0. The molecule has 0 spiro atoms. The molecule has 1 heterocycles. The molecule has 0 unspecified atom stereocenters. The molecule has 90 valence electrons. The van der Waals surface area contributed by atoms with Crippen molar-refractivity contribution in [1.29, 1.82) is 0 Å². The molecule has 0 aliphatic heterocycles. The lowest BCUT2D eigenvalue weighted by Crippen LogP contribution is -2.24. The van der Waals surface area contributed by atoms with Gasteiger partial charge in [0, 0.05) is 39.2 Å². The Morgan fingerprint density at radius 3 is 3.00 bits per heavy atom. The average Bonchev–Trinajstić information content (AvgIpc) is 2.31. The van der Waals surface area contributed by atoms with Crippen molar-refractivity contribution in [2.45, 2.75) is 26.3 Å². The van der Waals surface area contributed by atoms with Gasteiger partial charge in [0.25, 0.3) is 5.56 Å². The zero-order valence-corrected chi connectivity index (χ0v) is 9.90. The van der Waals surface area contributed by atoms with Crippen LogP contribution in [0.15, 0.2) is 17.2 Å². The molecule has 0 fully saturated rings. The van der Waals surface area contributed by atoms with Crippen molar-refractivity contribution in [3.05, 3.63) is 22.7 Å². The lowest BCUT2D eigenvalue weighted by Gasteiger charge is -2.06. The molecular weight excluding hydrogens is 206 g/mol. The van der Waals surface area contributed by atoms with E-state index in [4.69, 9.17) is 4.74 Å². The number of hydrogen-bond acceptors (Lipinski definition) is 4. The van der Waals surface area contributed by atoms with E-state index in [0.29, 0.717) is 12.4 Å². The summed E-state index contributed by atoms with van der Waals surface area (Å²) in [6, 6.07) is 0. The normalized spacial score (nSPS) is 10.4. The second kappa shape index (κ2) is 7.00. The van der Waals surface area contributed by atoms with Crippen molar-refractivity contribution >= 4 is 5.82 Å². The average molecular weight is 225 g/mol. The first-order chi connectivity index (χ1) is 7.79. The van der Waals surface area contributed by atoms with Crippen LogP contribution in [0.4, 0.5) is 5.82 Å². The molecule has 16 heavy (non-hydrogen) atoms. The highest BCUT2D eigenvalue weighted by atomic mass is 16.5. The molecule has 1 N–H and O–H groups in total. The Labute approximate surface area is 95.5 Å². The SMILES string of the molecule is CCn1ccnc(NCCCCOC)c1=O. The molecule has 0 saturated heterocycles. The number of aryl methyl sites for hydroxylation is 1. The molecular formula is C11H19N3O2. The van der Waals surface area contributed by atoms with Gasteiger partial charge in [-0.15, -0.1) is 0 Å². The fourth-order valence-electron chi connectivity index (χ4n) is 1.40. The molecule has 0 amide bonds. The molecule has 0 radical (unpaired) electrons. The van der Waals surface area contributed by atoms with E-state index in [1.165, 1.54) is 0 Å². The predicted octanol–water partition coefficient (Wildman–Crippen LogP) is 1.10. The highest BCUT2D eigenvalue weighted by molar-refractivity contribution is 5.30. The van der Waals surface area contributed by atoms with Gasteiger partial charge < -0.3 is 14.6 Å². The standard InChI is InChI=1S/C11H19N3O2/c1-3-14-8-7-13-10(11(14)15)12-6-4-5-9-16-2/h7-8H,3-6,9H2,1-2H3,(H,12,13). The van der Waals surface area contributed by atoms with E-state index in [-0.39, 0.29) is 5.56 Å². The zero-order valence-electron chi connectivity index (χ0n) is 9.90. The molecule has 1 rings (SSSR count). The Hall–Kier alpha value is -1.36. The number of hydrogen-bond donors (Lipinski definition) is 1. The van der Waals surface area contributed by atoms with Crippen LogP contribution in [0.2, 0.25) is 0 Å². The van der Waals surface area contributed by atoms with Crippen molar-refractivity contribution in [2.75, 3.05) is 25.6 Å². The van der Waals surface area contributed by atoms with Crippen molar-refractivity contribution in [3.8, 4) is 0 Å². The zero-order chi connectivity index (χ0) is 11.8. The molecule has 0 aliphatic carbocycles. The van der Waals surface area contributed by atoms with Gasteiger partial charge in [0.1, 0.15) is 0 Å². The fraction of sp³-hybridized carbons (Fsp3) is 0.636. The summed E-state index contributed by atoms with van der Waals surface area (Å²) in [5.41, 5.74) is -0.0586. The summed E-state index contributed by atoms with van der Waals surface area (Å²) < 4.78 is 6.57. The van der Waals surface area contributed by atoms with E-state index in [1.54, 1.807) is 24.1 Å². The van der Waals surface area contributed by atoms with Crippen LogP contribution in [0, 0.1) is 0 Å². The van der Waals surface area contributed by atoms with Crippen molar-refractivity contribution in [1.82, 2.24) is 9.55 Å². The molecule has 5 nitrogen and oxygen atoms in total. The van der Waals surface area contributed by atoms with Crippen LogP contribution in [0.5, 0.6) is 0 Å². The number of methoxy groups -OCH3 is 1. The third kappa shape index (κ3) is 3.66. The minimum atomic E-state index is -0.0586. The molecule has 5 heteroatoms. The van der Waals surface area contributed by atoms with Crippen LogP contribution in [0.25, 0.3) is 0 Å². The third-order valence-corrected chi connectivity index (χ3v) is 2.32. The first-order valence-corrected chi connectivity index (χ1v) is 5.57. The number of anilines is 1. The van der Waals surface area contributed by atoms with E-state index in [2.05, 4.69) is 10.3 Å². The van der Waals surface area contributed by atoms with Gasteiger partial charge in [0.2, 0.25) is 0 Å². The van der Waals surface area contributed by atoms with E-state index in [1.807, 2.05) is 6.92 Å². The number of nitrogens with one attached hydrogen (secondary N) is 1. The van der Waals surface area contributed by atoms with Crippen LogP contribution in [0.1, 0.15) is 19.8 Å². The predicted molar refractivity (Wildman–Crippen MR) is 63.8 cm³/mol. The highest BCUT2D eigenvalue weighted by Gasteiger charge is 2.01. The maximum absolute atomic E-state index is 11.7.